The molecule has 0 radical (unpaired) electrons. The summed E-state index contributed by atoms with van der Waals surface area (Å²) >= 11 is 3.38. The minimum atomic E-state index is -0.499. The lowest BCUT2D eigenvalue weighted by Crippen LogP contribution is -2.34. The highest BCUT2D eigenvalue weighted by Crippen LogP contribution is 2.52. The lowest BCUT2D eigenvalue weighted by atomic mass is 9.83. The molecule has 2 aromatic carbocycles. The van der Waals surface area contributed by atoms with Gasteiger partial charge in [-0.05, 0) is 23.8 Å². The number of carbonyl (C=O) groups excluding carboxylic acids is 1. The van der Waals surface area contributed by atoms with E-state index in [0.717, 1.165) is 4.47 Å². The molecule has 5 nitrogen and oxygen atoms in total. The van der Waals surface area contributed by atoms with E-state index in [4.69, 9.17) is 14.2 Å². The molecule has 26 heavy (non-hydrogen) atoms. The average Bonchev–Trinajstić information content (AvgIpc) is 2.64. The Kier molecular flexibility index (Phi) is 5.09. The molecule has 1 heterocycles. The van der Waals surface area contributed by atoms with E-state index in [2.05, 4.69) is 15.9 Å². The van der Waals surface area contributed by atoms with E-state index in [1.165, 1.54) is 32.3 Å². The molecule has 3 rings (SSSR count). The van der Waals surface area contributed by atoms with Gasteiger partial charge in [0.1, 0.15) is 5.82 Å². The van der Waals surface area contributed by atoms with Crippen molar-refractivity contribution in [3.05, 3.63) is 45.7 Å². The predicted octanol–water partition coefficient (Wildman–Crippen LogP) is 4.11. The third-order valence-corrected chi connectivity index (χ3v) is 5.14. The average molecular weight is 424 g/mol. The maximum Gasteiger partial charge on any atom is 0.227 e. The third kappa shape index (κ3) is 2.90. The van der Waals surface area contributed by atoms with Crippen molar-refractivity contribution in [2.75, 3.05) is 33.3 Å². The van der Waals surface area contributed by atoms with Crippen LogP contribution in [0.15, 0.2) is 28.7 Å². The van der Waals surface area contributed by atoms with Gasteiger partial charge in [0.2, 0.25) is 11.7 Å². The zero-order valence-electron chi connectivity index (χ0n) is 14.9. The first kappa shape index (κ1) is 18.5. The van der Waals surface area contributed by atoms with Crippen LogP contribution in [0.3, 0.4) is 0 Å². The highest BCUT2D eigenvalue weighted by Gasteiger charge is 2.37. The molecular weight excluding hydrogens is 405 g/mol. The second-order valence-electron chi connectivity index (χ2n) is 5.95. The number of anilines is 1. The Balaban J connectivity index is 2.34. The largest absolute Gasteiger partial charge is 0.493 e. The van der Waals surface area contributed by atoms with Gasteiger partial charge in [0.25, 0.3) is 0 Å². The van der Waals surface area contributed by atoms with Crippen molar-refractivity contribution in [3.63, 3.8) is 0 Å². The van der Waals surface area contributed by atoms with Crippen molar-refractivity contribution in [2.45, 2.75) is 12.3 Å². The van der Waals surface area contributed by atoms with Crippen LogP contribution in [0.4, 0.5) is 10.1 Å². The van der Waals surface area contributed by atoms with E-state index in [0.29, 0.717) is 34.1 Å². The third-order valence-electron chi connectivity index (χ3n) is 4.64. The molecule has 1 atom stereocenters. The number of halogens is 2. The van der Waals surface area contributed by atoms with Crippen LogP contribution in [0.25, 0.3) is 0 Å². The van der Waals surface area contributed by atoms with Gasteiger partial charge in [0.05, 0.1) is 27.0 Å². The van der Waals surface area contributed by atoms with Crippen LogP contribution >= 0.6 is 15.9 Å². The van der Waals surface area contributed by atoms with Crippen LogP contribution in [0.5, 0.6) is 17.2 Å². The van der Waals surface area contributed by atoms with Crippen molar-refractivity contribution in [2.24, 2.45) is 0 Å². The molecule has 1 amide bonds. The van der Waals surface area contributed by atoms with E-state index in [-0.39, 0.29) is 18.1 Å². The molecule has 0 bridgehead atoms. The van der Waals surface area contributed by atoms with Crippen molar-refractivity contribution in [1.29, 1.82) is 0 Å². The van der Waals surface area contributed by atoms with Gasteiger partial charge in [-0.1, -0.05) is 15.9 Å². The number of benzene rings is 2. The first-order valence-electron chi connectivity index (χ1n) is 7.97. The molecule has 0 aromatic heterocycles. The first-order valence-corrected chi connectivity index (χ1v) is 8.76. The maximum absolute atomic E-state index is 14.6. The van der Waals surface area contributed by atoms with Crippen LogP contribution in [-0.4, -0.2) is 34.3 Å². The van der Waals surface area contributed by atoms with Gasteiger partial charge in [-0.25, -0.2) is 4.39 Å². The predicted molar refractivity (Wildman–Crippen MR) is 100 cm³/mol. The van der Waals surface area contributed by atoms with Gasteiger partial charge in [0, 0.05) is 35.5 Å². The van der Waals surface area contributed by atoms with E-state index in [1.54, 1.807) is 25.2 Å². The number of amides is 1. The fourth-order valence-electron chi connectivity index (χ4n) is 3.37. The summed E-state index contributed by atoms with van der Waals surface area (Å²) < 4.78 is 31.8. The second-order valence-corrected chi connectivity index (χ2v) is 6.87. The van der Waals surface area contributed by atoms with E-state index in [1.807, 2.05) is 0 Å². The van der Waals surface area contributed by atoms with E-state index in [9.17, 15) is 9.18 Å². The normalized spacial score (nSPS) is 16.3. The first-order chi connectivity index (χ1) is 12.4. The fraction of sp³-hybridized carbons (Fsp3) is 0.316. The Labute approximate surface area is 159 Å². The van der Waals surface area contributed by atoms with Crippen molar-refractivity contribution >= 4 is 27.5 Å². The summed E-state index contributed by atoms with van der Waals surface area (Å²) in [6.45, 7) is 0. The summed E-state index contributed by atoms with van der Waals surface area (Å²) in [5.74, 6) is 0.302. The van der Waals surface area contributed by atoms with Gasteiger partial charge < -0.3 is 19.1 Å². The topological polar surface area (TPSA) is 48.0 Å². The minimum Gasteiger partial charge on any atom is -0.493 e. The van der Waals surface area contributed by atoms with Crippen molar-refractivity contribution in [1.82, 2.24) is 0 Å². The highest BCUT2D eigenvalue weighted by atomic mass is 79.9. The van der Waals surface area contributed by atoms with Gasteiger partial charge in [0.15, 0.2) is 11.5 Å². The Morgan fingerprint density at radius 3 is 2.42 bits per heavy atom. The second kappa shape index (κ2) is 7.15. The summed E-state index contributed by atoms with van der Waals surface area (Å²) in [7, 11) is 6.22. The van der Waals surface area contributed by atoms with Crippen LogP contribution < -0.4 is 19.1 Å². The number of carbonyl (C=O) groups is 1. The highest BCUT2D eigenvalue weighted by molar-refractivity contribution is 9.10. The molecule has 0 N–H and O–H groups in total. The Morgan fingerprint density at radius 2 is 1.81 bits per heavy atom. The number of ether oxygens (including phenoxy) is 3. The Hall–Kier alpha value is -2.28. The summed E-state index contributed by atoms with van der Waals surface area (Å²) in [6.07, 6.45) is 0.128. The van der Waals surface area contributed by atoms with Crippen LogP contribution in [0.1, 0.15) is 23.5 Å². The molecular formula is C19H19BrFNO4. The van der Waals surface area contributed by atoms with Crippen LogP contribution in [0, 0.1) is 5.82 Å². The number of rotatable bonds is 4. The number of hydrogen-bond donors (Lipinski definition) is 0. The van der Waals surface area contributed by atoms with E-state index >= 15 is 0 Å². The van der Waals surface area contributed by atoms with Crippen LogP contribution in [-0.2, 0) is 4.79 Å². The summed E-state index contributed by atoms with van der Waals surface area (Å²) in [5, 5.41) is 0. The van der Waals surface area contributed by atoms with Gasteiger partial charge >= 0.3 is 0 Å². The number of methoxy groups -OCH3 is 3. The smallest absolute Gasteiger partial charge is 0.227 e. The molecule has 1 aliphatic heterocycles. The zero-order valence-corrected chi connectivity index (χ0v) is 16.5. The van der Waals surface area contributed by atoms with Crippen molar-refractivity contribution < 1.29 is 23.4 Å². The lowest BCUT2D eigenvalue weighted by Gasteiger charge is -2.34. The molecule has 1 unspecified atom stereocenters. The standard InChI is InChI=1S/C19H19BrFNO4/c1-22-14-9-15(24-2)18(25-3)19(26-4)17(14)12(8-16(22)23)11-7-10(20)5-6-13(11)21/h5-7,9,12H,8H2,1-4H3. The quantitative estimate of drug-likeness (QED) is 0.742. The SMILES string of the molecule is COc1cc2c(c(OC)c1OC)C(c1cc(Br)ccc1F)CC(=O)N2C. The molecule has 0 fully saturated rings. The summed E-state index contributed by atoms with van der Waals surface area (Å²) in [5.41, 5.74) is 1.73. The van der Waals surface area contributed by atoms with E-state index < -0.39 is 5.92 Å². The minimum absolute atomic E-state index is 0.115. The fourth-order valence-corrected chi connectivity index (χ4v) is 3.75. The van der Waals surface area contributed by atoms with Crippen LogP contribution in [0.2, 0.25) is 0 Å². The molecule has 7 heteroatoms. The lowest BCUT2D eigenvalue weighted by molar-refractivity contribution is -0.118. The molecule has 0 aliphatic carbocycles. The van der Waals surface area contributed by atoms with Gasteiger partial charge in [-0.2, -0.15) is 0 Å². The Morgan fingerprint density at radius 1 is 1.12 bits per heavy atom. The molecule has 0 saturated heterocycles. The molecule has 2 aromatic rings. The molecule has 0 spiro atoms. The summed E-state index contributed by atoms with van der Waals surface area (Å²) in [4.78, 5) is 14.1. The number of fused-ring (bicyclic) bond motifs is 1. The number of nitrogens with zero attached hydrogens (tertiary/aromatic N) is 1. The Bertz CT molecular complexity index is 871. The number of hydrogen-bond acceptors (Lipinski definition) is 4. The summed E-state index contributed by atoms with van der Waals surface area (Å²) in [6, 6.07) is 6.42. The van der Waals surface area contributed by atoms with Gasteiger partial charge in [-0.15, -0.1) is 0 Å². The zero-order chi connectivity index (χ0) is 19.0. The van der Waals surface area contributed by atoms with Crippen molar-refractivity contribution in [3.8, 4) is 17.2 Å². The monoisotopic (exact) mass is 423 g/mol. The van der Waals surface area contributed by atoms with Gasteiger partial charge in [-0.3, -0.25) is 4.79 Å². The molecule has 1 aliphatic rings. The molecule has 0 saturated carbocycles. The maximum atomic E-state index is 14.6. The molecule has 138 valence electrons.